The van der Waals surface area contributed by atoms with E-state index < -0.39 is 0 Å². The van der Waals surface area contributed by atoms with Crippen molar-refractivity contribution in [2.24, 2.45) is 0 Å². The molecule has 3 N–H and O–H groups in total. The van der Waals surface area contributed by atoms with E-state index in [1.165, 1.54) is 16.9 Å². The van der Waals surface area contributed by atoms with Gasteiger partial charge < -0.3 is 11.1 Å². The Morgan fingerprint density at radius 1 is 1.43 bits per heavy atom. The van der Waals surface area contributed by atoms with Crippen molar-refractivity contribution in [1.82, 2.24) is 5.32 Å². The lowest BCUT2D eigenvalue weighted by Crippen LogP contribution is -2.08. The molecule has 0 fully saturated rings. The van der Waals surface area contributed by atoms with E-state index in [1.807, 2.05) is 13.1 Å². The van der Waals surface area contributed by atoms with Gasteiger partial charge in [-0.1, -0.05) is 6.07 Å². The molecule has 1 aromatic rings. The van der Waals surface area contributed by atoms with Crippen molar-refractivity contribution in [2.75, 3.05) is 25.6 Å². The van der Waals surface area contributed by atoms with Crippen LogP contribution in [-0.4, -0.2) is 19.8 Å². The Morgan fingerprint density at radius 3 is 2.86 bits per heavy atom. The van der Waals surface area contributed by atoms with Crippen LogP contribution in [0.2, 0.25) is 0 Å². The third-order valence-corrected chi connectivity index (χ3v) is 2.98. The number of hydrogen-bond acceptors (Lipinski definition) is 3. The highest BCUT2D eigenvalue weighted by molar-refractivity contribution is 7.98. The maximum absolute atomic E-state index is 5.82. The van der Waals surface area contributed by atoms with E-state index >= 15 is 0 Å². The number of aryl methyl sites for hydroxylation is 1. The first-order chi connectivity index (χ1) is 6.77. The molecule has 0 unspecified atom stereocenters. The average Bonchev–Trinajstić information content (AvgIpc) is 2.21. The van der Waals surface area contributed by atoms with Crippen LogP contribution in [0.4, 0.5) is 5.69 Å². The number of rotatable bonds is 5. The molecule has 78 valence electrons. The number of nitrogens with two attached hydrogens (primary N) is 1. The van der Waals surface area contributed by atoms with Crippen LogP contribution in [0.3, 0.4) is 0 Å². The molecular formula is C11H18N2S. The Kier molecular flexibility index (Phi) is 4.84. The molecule has 1 aromatic carbocycles. The molecule has 0 amide bonds. The third-order valence-electron chi connectivity index (χ3n) is 2.19. The minimum atomic E-state index is 0.884. The van der Waals surface area contributed by atoms with Crippen LogP contribution in [0.1, 0.15) is 12.0 Å². The van der Waals surface area contributed by atoms with Crippen LogP contribution in [0.25, 0.3) is 0 Å². The Bertz CT molecular complexity index is 287. The first-order valence-corrected chi connectivity index (χ1v) is 6.07. The van der Waals surface area contributed by atoms with Crippen LogP contribution in [-0.2, 0) is 6.42 Å². The number of hydrogen-bond donors (Lipinski definition) is 2. The van der Waals surface area contributed by atoms with Gasteiger partial charge in [0.2, 0.25) is 0 Å². The number of thioether (sulfide) groups is 1. The smallest absolute Gasteiger partial charge is 0.0452 e. The van der Waals surface area contributed by atoms with Crippen LogP contribution in [0.5, 0.6) is 0 Å². The summed E-state index contributed by atoms with van der Waals surface area (Å²) in [7, 11) is 1.98. The van der Waals surface area contributed by atoms with E-state index in [-0.39, 0.29) is 0 Å². The fourth-order valence-corrected chi connectivity index (χ4v) is 1.95. The highest BCUT2D eigenvalue weighted by Gasteiger charge is 1.99. The predicted molar refractivity (Wildman–Crippen MR) is 64.9 cm³/mol. The first kappa shape index (κ1) is 11.4. The summed E-state index contributed by atoms with van der Waals surface area (Å²) >= 11 is 1.71. The summed E-state index contributed by atoms with van der Waals surface area (Å²) in [4.78, 5) is 1.19. The lowest BCUT2D eigenvalue weighted by atomic mass is 10.1. The minimum Gasteiger partial charge on any atom is -0.398 e. The zero-order chi connectivity index (χ0) is 10.4. The maximum atomic E-state index is 5.82. The zero-order valence-electron chi connectivity index (χ0n) is 8.84. The van der Waals surface area contributed by atoms with Crippen molar-refractivity contribution >= 4 is 17.4 Å². The van der Waals surface area contributed by atoms with Gasteiger partial charge in [0.25, 0.3) is 0 Å². The van der Waals surface area contributed by atoms with Gasteiger partial charge in [0.15, 0.2) is 0 Å². The number of nitrogens with one attached hydrogen (secondary N) is 1. The number of benzene rings is 1. The summed E-state index contributed by atoms with van der Waals surface area (Å²) < 4.78 is 0. The second-order valence-electron chi connectivity index (χ2n) is 3.28. The highest BCUT2D eigenvalue weighted by Crippen LogP contribution is 2.24. The largest absolute Gasteiger partial charge is 0.398 e. The molecule has 0 spiro atoms. The molecule has 0 saturated heterocycles. The summed E-state index contributed by atoms with van der Waals surface area (Å²) in [6.07, 6.45) is 4.35. The van der Waals surface area contributed by atoms with Crippen LogP contribution >= 0.6 is 11.8 Å². The second kappa shape index (κ2) is 5.94. The van der Waals surface area contributed by atoms with E-state index in [0.29, 0.717) is 0 Å². The molecule has 0 aliphatic rings. The molecule has 0 heterocycles. The first-order valence-electron chi connectivity index (χ1n) is 4.85. The summed E-state index contributed by atoms with van der Waals surface area (Å²) in [6.45, 7) is 1.07. The maximum Gasteiger partial charge on any atom is 0.0452 e. The third kappa shape index (κ3) is 3.24. The Morgan fingerprint density at radius 2 is 2.21 bits per heavy atom. The van der Waals surface area contributed by atoms with E-state index in [9.17, 15) is 0 Å². The number of anilines is 1. The van der Waals surface area contributed by atoms with Gasteiger partial charge in [0.05, 0.1) is 0 Å². The fourth-order valence-electron chi connectivity index (χ4n) is 1.38. The quantitative estimate of drug-likeness (QED) is 0.444. The van der Waals surface area contributed by atoms with E-state index in [2.05, 4.69) is 23.7 Å². The molecule has 0 saturated carbocycles. The Hall–Kier alpha value is -0.670. The standard InChI is InChI=1S/C11H18N2S/c1-13-7-3-4-9-5-6-10(12)11(8-9)14-2/h5-6,8,13H,3-4,7,12H2,1-2H3. The molecule has 0 aliphatic carbocycles. The van der Waals surface area contributed by atoms with Crippen LogP contribution < -0.4 is 11.1 Å². The van der Waals surface area contributed by atoms with Crippen molar-refractivity contribution in [3.63, 3.8) is 0 Å². The molecule has 3 heteroatoms. The monoisotopic (exact) mass is 210 g/mol. The molecular weight excluding hydrogens is 192 g/mol. The molecule has 2 nitrogen and oxygen atoms in total. The topological polar surface area (TPSA) is 38.0 Å². The summed E-state index contributed by atoms with van der Waals surface area (Å²) in [5.41, 5.74) is 8.08. The molecule has 0 bridgehead atoms. The van der Waals surface area contributed by atoms with Gasteiger partial charge in [-0.2, -0.15) is 0 Å². The van der Waals surface area contributed by atoms with E-state index in [1.54, 1.807) is 11.8 Å². The van der Waals surface area contributed by atoms with Gasteiger partial charge in [0.1, 0.15) is 0 Å². The summed E-state index contributed by atoms with van der Waals surface area (Å²) in [5.74, 6) is 0. The van der Waals surface area contributed by atoms with Crippen molar-refractivity contribution < 1.29 is 0 Å². The van der Waals surface area contributed by atoms with E-state index in [4.69, 9.17) is 5.73 Å². The van der Waals surface area contributed by atoms with Crippen LogP contribution in [0.15, 0.2) is 23.1 Å². The summed E-state index contributed by atoms with van der Waals surface area (Å²) in [5, 5.41) is 3.15. The van der Waals surface area contributed by atoms with Gasteiger partial charge in [-0.05, 0) is 50.4 Å². The summed E-state index contributed by atoms with van der Waals surface area (Å²) in [6, 6.07) is 6.31. The zero-order valence-corrected chi connectivity index (χ0v) is 9.66. The molecule has 0 radical (unpaired) electrons. The van der Waals surface area contributed by atoms with Crippen molar-refractivity contribution in [3.05, 3.63) is 23.8 Å². The normalized spacial score (nSPS) is 10.4. The lowest BCUT2D eigenvalue weighted by Gasteiger charge is -2.06. The van der Waals surface area contributed by atoms with Crippen molar-refractivity contribution in [1.29, 1.82) is 0 Å². The van der Waals surface area contributed by atoms with Crippen molar-refractivity contribution in [2.45, 2.75) is 17.7 Å². The SMILES string of the molecule is CNCCCc1ccc(N)c(SC)c1. The molecule has 14 heavy (non-hydrogen) atoms. The fraction of sp³-hybridized carbons (Fsp3) is 0.455. The van der Waals surface area contributed by atoms with Crippen molar-refractivity contribution in [3.8, 4) is 0 Å². The lowest BCUT2D eigenvalue weighted by molar-refractivity contribution is 0.724. The molecule has 0 aliphatic heterocycles. The predicted octanol–water partition coefficient (Wildman–Crippen LogP) is 2.14. The number of nitrogen functional groups attached to an aromatic ring is 1. The van der Waals surface area contributed by atoms with Crippen LogP contribution in [0, 0.1) is 0 Å². The van der Waals surface area contributed by atoms with Gasteiger partial charge in [-0.25, -0.2) is 0 Å². The van der Waals surface area contributed by atoms with Gasteiger partial charge in [-0.3, -0.25) is 0 Å². The molecule has 0 atom stereocenters. The minimum absolute atomic E-state index is 0.884. The van der Waals surface area contributed by atoms with Gasteiger partial charge in [-0.15, -0.1) is 11.8 Å². The Balaban J connectivity index is 2.60. The van der Waals surface area contributed by atoms with E-state index in [0.717, 1.165) is 18.7 Å². The van der Waals surface area contributed by atoms with Gasteiger partial charge in [0, 0.05) is 10.6 Å². The highest BCUT2D eigenvalue weighted by atomic mass is 32.2. The molecule has 0 aromatic heterocycles. The second-order valence-corrected chi connectivity index (χ2v) is 4.13. The molecule has 1 rings (SSSR count). The van der Waals surface area contributed by atoms with Gasteiger partial charge >= 0.3 is 0 Å². The Labute approximate surface area is 90.3 Å². The average molecular weight is 210 g/mol.